The molecule has 0 saturated heterocycles. The first-order valence-electron chi connectivity index (χ1n) is 7.18. The van der Waals surface area contributed by atoms with Crippen LogP contribution in [-0.4, -0.2) is 13.1 Å². The van der Waals surface area contributed by atoms with Crippen LogP contribution in [0.1, 0.15) is 48.9 Å². The van der Waals surface area contributed by atoms with Gasteiger partial charge in [-0.05, 0) is 73.4 Å². The smallest absolute Gasteiger partial charge is 0.000924 e. The summed E-state index contributed by atoms with van der Waals surface area (Å²) < 4.78 is 0. The lowest BCUT2D eigenvalue weighted by atomic mass is 9.94. The fraction of sp³-hybridized carbons (Fsp3) is 0.647. The molecule has 0 spiro atoms. The summed E-state index contributed by atoms with van der Waals surface area (Å²) in [4.78, 5) is 0. The number of rotatable bonds is 4. The first-order valence-corrected chi connectivity index (χ1v) is 7.18. The second kappa shape index (κ2) is 4.70. The molecule has 0 aromatic heterocycles. The summed E-state index contributed by atoms with van der Waals surface area (Å²) >= 11 is 0. The lowest BCUT2D eigenvalue weighted by Crippen LogP contribution is -2.17. The minimum atomic E-state index is 0.453. The van der Waals surface area contributed by atoms with Gasteiger partial charge in [0.25, 0.3) is 0 Å². The van der Waals surface area contributed by atoms with Crippen molar-refractivity contribution in [3.63, 3.8) is 0 Å². The van der Waals surface area contributed by atoms with Crippen molar-refractivity contribution in [2.45, 2.75) is 47.5 Å². The summed E-state index contributed by atoms with van der Waals surface area (Å²) in [6.45, 7) is 15.9. The molecule has 2 unspecified atom stereocenters. The first-order chi connectivity index (χ1) is 8.39. The molecule has 0 amide bonds. The molecule has 1 aliphatic carbocycles. The zero-order valence-corrected chi connectivity index (χ0v) is 12.7. The Labute approximate surface area is 112 Å². The monoisotopic (exact) mass is 245 g/mol. The van der Waals surface area contributed by atoms with E-state index >= 15 is 0 Å². The Morgan fingerprint density at radius 2 is 1.67 bits per heavy atom. The van der Waals surface area contributed by atoms with Gasteiger partial charge in [0, 0.05) is 0 Å². The second-order valence-corrected chi connectivity index (χ2v) is 6.51. The molecule has 1 heteroatoms. The average Bonchev–Trinajstić information content (AvgIpc) is 2.83. The van der Waals surface area contributed by atoms with Gasteiger partial charge in [0.1, 0.15) is 0 Å². The topological polar surface area (TPSA) is 12.0 Å². The van der Waals surface area contributed by atoms with Gasteiger partial charge in [-0.3, -0.25) is 0 Å². The van der Waals surface area contributed by atoms with Gasteiger partial charge in [-0.15, -0.1) is 0 Å². The van der Waals surface area contributed by atoms with E-state index in [1.807, 2.05) is 0 Å². The number of hydrogen-bond acceptors (Lipinski definition) is 1. The summed E-state index contributed by atoms with van der Waals surface area (Å²) in [5.74, 6) is 1.52. The van der Waals surface area contributed by atoms with E-state index < -0.39 is 0 Å². The highest BCUT2D eigenvalue weighted by atomic mass is 14.9. The van der Waals surface area contributed by atoms with Crippen molar-refractivity contribution in [2.75, 3.05) is 13.1 Å². The van der Waals surface area contributed by atoms with Gasteiger partial charge in [0.2, 0.25) is 0 Å². The maximum Gasteiger partial charge on any atom is -0.000924 e. The lowest BCUT2D eigenvalue weighted by molar-refractivity contribution is 0.525. The molecule has 18 heavy (non-hydrogen) atoms. The van der Waals surface area contributed by atoms with E-state index in [0.29, 0.717) is 5.41 Å². The van der Waals surface area contributed by atoms with E-state index in [1.54, 1.807) is 5.56 Å². The van der Waals surface area contributed by atoms with Crippen LogP contribution >= 0.6 is 0 Å². The van der Waals surface area contributed by atoms with Crippen LogP contribution in [0.3, 0.4) is 0 Å². The van der Waals surface area contributed by atoms with Crippen molar-refractivity contribution >= 4 is 0 Å². The maximum atomic E-state index is 3.51. The molecule has 0 aliphatic heterocycles. The Hall–Kier alpha value is -0.820. The summed E-state index contributed by atoms with van der Waals surface area (Å²) in [6, 6.07) is 4.77. The van der Waals surface area contributed by atoms with E-state index in [-0.39, 0.29) is 0 Å². The number of benzene rings is 1. The average molecular weight is 245 g/mol. The predicted molar refractivity (Wildman–Crippen MR) is 79.2 cm³/mol. The minimum absolute atomic E-state index is 0.453. The van der Waals surface area contributed by atoms with E-state index in [0.717, 1.165) is 24.9 Å². The van der Waals surface area contributed by atoms with Gasteiger partial charge in [0.15, 0.2) is 0 Å². The standard InChI is InChI=1S/C17H27N/c1-7-18-10-15-16(17(15,5)6)14-9-12(3)11(2)8-13(14)4/h8-9,15-16,18H,7,10H2,1-6H3. The number of nitrogens with one attached hydrogen (secondary N) is 1. The molecule has 2 rings (SSSR count). The van der Waals surface area contributed by atoms with E-state index in [1.165, 1.54) is 16.7 Å². The number of aryl methyl sites for hydroxylation is 3. The zero-order valence-electron chi connectivity index (χ0n) is 12.7. The Morgan fingerprint density at radius 1 is 1.06 bits per heavy atom. The molecule has 1 aromatic rings. The fourth-order valence-electron chi connectivity index (χ4n) is 3.36. The molecule has 0 bridgehead atoms. The Balaban J connectivity index is 2.25. The van der Waals surface area contributed by atoms with Crippen LogP contribution in [-0.2, 0) is 0 Å². The van der Waals surface area contributed by atoms with E-state index in [2.05, 4.69) is 59.0 Å². The highest BCUT2D eigenvalue weighted by molar-refractivity contribution is 5.43. The quantitative estimate of drug-likeness (QED) is 0.846. The maximum absolute atomic E-state index is 3.51. The minimum Gasteiger partial charge on any atom is -0.317 e. The van der Waals surface area contributed by atoms with Crippen molar-refractivity contribution in [1.29, 1.82) is 0 Å². The molecule has 0 heterocycles. The molecule has 0 radical (unpaired) electrons. The lowest BCUT2D eigenvalue weighted by Gasteiger charge is -2.11. The Morgan fingerprint density at radius 3 is 2.28 bits per heavy atom. The third-order valence-corrected chi connectivity index (χ3v) is 4.88. The molecular weight excluding hydrogens is 218 g/mol. The third-order valence-electron chi connectivity index (χ3n) is 4.88. The molecule has 1 N–H and O–H groups in total. The largest absolute Gasteiger partial charge is 0.317 e. The van der Waals surface area contributed by atoms with Crippen LogP contribution in [0.15, 0.2) is 12.1 Å². The SMILES string of the molecule is CCNCC1C(c2cc(C)c(C)cc2C)C1(C)C. The van der Waals surface area contributed by atoms with Crippen molar-refractivity contribution in [2.24, 2.45) is 11.3 Å². The number of hydrogen-bond donors (Lipinski definition) is 1. The molecule has 1 aromatic carbocycles. The fourth-order valence-corrected chi connectivity index (χ4v) is 3.36. The molecule has 2 atom stereocenters. The zero-order chi connectivity index (χ0) is 13.5. The summed E-state index contributed by atoms with van der Waals surface area (Å²) in [7, 11) is 0. The summed E-state index contributed by atoms with van der Waals surface area (Å²) in [6.07, 6.45) is 0. The first kappa shape index (κ1) is 13.6. The van der Waals surface area contributed by atoms with Gasteiger partial charge in [-0.2, -0.15) is 0 Å². The highest BCUT2D eigenvalue weighted by Gasteiger charge is 2.57. The van der Waals surface area contributed by atoms with Gasteiger partial charge in [0.05, 0.1) is 0 Å². The van der Waals surface area contributed by atoms with Gasteiger partial charge in [-0.25, -0.2) is 0 Å². The van der Waals surface area contributed by atoms with Gasteiger partial charge in [-0.1, -0.05) is 32.9 Å². The third kappa shape index (κ3) is 2.21. The van der Waals surface area contributed by atoms with Crippen LogP contribution in [0.5, 0.6) is 0 Å². The van der Waals surface area contributed by atoms with Crippen LogP contribution in [0.25, 0.3) is 0 Å². The van der Waals surface area contributed by atoms with Gasteiger partial charge < -0.3 is 5.32 Å². The second-order valence-electron chi connectivity index (χ2n) is 6.51. The van der Waals surface area contributed by atoms with Crippen LogP contribution < -0.4 is 5.32 Å². The Bertz CT molecular complexity index is 445. The normalized spacial score (nSPS) is 25.2. The van der Waals surface area contributed by atoms with Crippen LogP contribution in [0.2, 0.25) is 0 Å². The van der Waals surface area contributed by atoms with Gasteiger partial charge >= 0.3 is 0 Å². The van der Waals surface area contributed by atoms with Crippen molar-refractivity contribution in [1.82, 2.24) is 5.32 Å². The predicted octanol–water partition coefficient (Wildman–Crippen LogP) is 3.96. The van der Waals surface area contributed by atoms with Crippen LogP contribution in [0.4, 0.5) is 0 Å². The van der Waals surface area contributed by atoms with E-state index in [4.69, 9.17) is 0 Å². The highest BCUT2D eigenvalue weighted by Crippen LogP contribution is 2.64. The van der Waals surface area contributed by atoms with Crippen molar-refractivity contribution < 1.29 is 0 Å². The molecule has 1 nitrogen and oxygen atoms in total. The summed E-state index contributed by atoms with van der Waals surface area (Å²) in [5.41, 5.74) is 6.34. The summed E-state index contributed by atoms with van der Waals surface area (Å²) in [5, 5.41) is 3.51. The van der Waals surface area contributed by atoms with Crippen LogP contribution in [0, 0.1) is 32.1 Å². The van der Waals surface area contributed by atoms with Crippen molar-refractivity contribution in [3.8, 4) is 0 Å². The Kier molecular flexibility index (Phi) is 3.55. The molecular formula is C17H27N. The van der Waals surface area contributed by atoms with Crippen molar-refractivity contribution in [3.05, 3.63) is 34.4 Å². The molecule has 100 valence electrons. The molecule has 1 aliphatic rings. The van der Waals surface area contributed by atoms with E-state index in [9.17, 15) is 0 Å². The molecule has 1 fully saturated rings. The molecule has 1 saturated carbocycles.